The van der Waals surface area contributed by atoms with E-state index in [0.717, 1.165) is 13.0 Å². The summed E-state index contributed by atoms with van der Waals surface area (Å²) in [5, 5.41) is 18.0. The summed E-state index contributed by atoms with van der Waals surface area (Å²) in [5.41, 5.74) is -1.75. The summed E-state index contributed by atoms with van der Waals surface area (Å²) in [6.07, 6.45) is 0.874. The van der Waals surface area contributed by atoms with E-state index in [-0.39, 0.29) is 13.0 Å². The first-order valence-electron chi connectivity index (χ1n) is 5.75. The molecule has 1 atom stereocenters. The van der Waals surface area contributed by atoms with Gasteiger partial charge in [-0.1, -0.05) is 13.8 Å². The quantitative estimate of drug-likeness (QED) is 0.507. The van der Waals surface area contributed by atoms with E-state index in [2.05, 4.69) is 13.8 Å². The van der Waals surface area contributed by atoms with Crippen molar-refractivity contribution < 1.29 is 23.2 Å². The van der Waals surface area contributed by atoms with Gasteiger partial charge in [-0.25, -0.2) is 0 Å². The molecule has 104 valence electrons. The molecule has 1 unspecified atom stereocenters. The van der Waals surface area contributed by atoms with Gasteiger partial charge in [-0.15, -0.1) is 0 Å². The van der Waals surface area contributed by atoms with E-state index in [0.29, 0.717) is 19.0 Å². The van der Waals surface area contributed by atoms with Crippen molar-refractivity contribution in [1.82, 2.24) is 4.90 Å². The maximum atomic E-state index is 10.6. The van der Waals surface area contributed by atoms with Gasteiger partial charge in [0.15, 0.2) is 5.44 Å². The number of hydrogen-bond acceptors (Lipinski definition) is 5. The lowest BCUT2D eigenvalue weighted by atomic mass is 10.1. The molecule has 7 heteroatoms. The molecule has 0 amide bonds. The van der Waals surface area contributed by atoms with Gasteiger partial charge in [0, 0.05) is 19.5 Å². The monoisotopic (exact) mass is 269 g/mol. The van der Waals surface area contributed by atoms with E-state index in [1.807, 2.05) is 4.90 Å². The highest BCUT2D eigenvalue weighted by Gasteiger charge is 2.20. The van der Waals surface area contributed by atoms with E-state index in [1.54, 1.807) is 0 Å². The number of nitrogens with zero attached hydrogens (tertiary/aromatic N) is 1. The van der Waals surface area contributed by atoms with Crippen molar-refractivity contribution in [2.24, 2.45) is 5.92 Å². The van der Waals surface area contributed by atoms with Gasteiger partial charge < -0.3 is 15.1 Å². The summed E-state index contributed by atoms with van der Waals surface area (Å²) in [7, 11) is -4.38. The van der Waals surface area contributed by atoms with Crippen LogP contribution in [0.4, 0.5) is 0 Å². The maximum absolute atomic E-state index is 10.6. The first kappa shape index (κ1) is 16.8. The van der Waals surface area contributed by atoms with Crippen LogP contribution >= 0.6 is 0 Å². The van der Waals surface area contributed by atoms with Crippen molar-refractivity contribution >= 4 is 10.1 Å². The first-order chi connectivity index (χ1) is 7.77. The predicted octanol–water partition coefficient (Wildman–Crippen LogP) is -0.0769. The smallest absolute Gasteiger partial charge is 0.292 e. The predicted molar refractivity (Wildman–Crippen MR) is 65.2 cm³/mol. The molecule has 3 N–H and O–H groups in total. The molecule has 0 fully saturated rings. The Morgan fingerprint density at radius 2 is 1.65 bits per heavy atom. The maximum Gasteiger partial charge on any atom is 0.292 e. The Balaban J connectivity index is 4.08. The van der Waals surface area contributed by atoms with Crippen LogP contribution in [0.15, 0.2) is 0 Å². The van der Waals surface area contributed by atoms with Crippen molar-refractivity contribution in [1.29, 1.82) is 0 Å². The second kappa shape index (κ2) is 7.99. The molecule has 0 aliphatic carbocycles. The Kier molecular flexibility index (Phi) is 7.89. The summed E-state index contributed by atoms with van der Waals surface area (Å²) < 4.78 is 29.8. The van der Waals surface area contributed by atoms with Gasteiger partial charge in [-0.3, -0.25) is 4.55 Å². The summed E-state index contributed by atoms with van der Waals surface area (Å²) in [6, 6.07) is 0. The van der Waals surface area contributed by atoms with Crippen molar-refractivity contribution in [3.8, 4) is 0 Å². The molecule has 0 radical (unpaired) electrons. The normalized spacial score (nSPS) is 14.5. The summed E-state index contributed by atoms with van der Waals surface area (Å²) in [5.74, 6) is 0.516. The number of rotatable bonds is 9. The standard InChI is InChI=1S/C10H23NO5S/c1-9(2)3-5-11(7-8-12)6-4-10(13)17(14,15)16/h9-10,12-13H,3-8H2,1-2H3,(H,14,15,16). The molecule has 0 saturated heterocycles. The third-order valence-corrected chi connectivity index (χ3v) is 3.40. The Bertz CT molecular complexity index is 291. The van der Waals surface area contributed by atoms with Crippen LogP contribution in [-0.2, 0) is 10.1 Å². The average Bonchev–Trinajstić information content (AvgIpc) is 2.20. The zero-order chi connectivity index (χ0) is 13.5. The topological polar surface area (TPSA) is 98.1 Å². The molecule has 0 heterocycles. The van der Waals surface area contributed by atoms with Gasteiger partial charge in [-0.05, 0) is 18.9 Å². The molecule has 0 spiro atoms. The number of hydrogen-bond donors (Lipinski definition) is 3. The molecule has 0 saturated carbocycles. The fraction of sp³-hybridized carbons (Fsp3) is 1.00. The van der Waals surface area contributed by atoms with E-state index in [1.165, 1.54) is 0 Å². The van der Waals surface area contributed by atoms with Crippen LogP contribution in [0.25, 0.3) is 0 Å². The van der Waals surface area contributed by atoms with Crippen LogP contribution in [0.1, 0.15) is 26.7 Å². The van der Waals surface area contributed by atoms with E-state index < -0.39 is 15.6 Å². The summed E-state index contributed by atoms with van der Waals surface area (Å²) >= 11 is 0. The van der Waals surface area contributed by atoms with Crippen LogP contribution in [-0.4, -0.2) is 59.8 Å². The molecular formula is C10H23NO5S. The van der Waals surface area contributed by atoms with Crippen LogP contribution in [0.5, 0.6) is 0 Å². The minimum atomic E-state index is -4.38. The number of aliphatic hydroxyl groups excluding tert-OH is 2. The van der Waals surface area contributed by atoms with E-state index in [9.17, 15) is 8.42 Å². The second-order valence-corrected chi connectivity index (χ2v) is 6.08. The molecule has 0 aromatic carbocycles. The Morgan fingerprint density at radius 1 is 1.12 bits per heavy atom. The van der Waals surface area contributed by atoms with Crippen LogP contribution in [0.3, 0.4) is 0 Å². The fourth-order valence-corrected chi connectivity index (χ4v) is 1.76. The minimum absolute atomic E-state index is 0.0138. The molecule has 0 aliphatic rings. The average molecular weight is 269 g/mol. The molecule has 0 bridgehead atoms. The van der Waals surface area contributed by atoms with Crippen LogP contribution in [0, 0.1) is 5.92 Å². The molecular weight excluding hydrogens is 246 g/mol. The molecule has 6 nitrogen and oxygen atoms in total. The lowest BCUT2D eigenvalue weighted by molar-refractivity contribution is 0.159. The Hall–Kier alpha value is -0.210. The minimum Gasteiger partial charge on any atom is -0.395 e. The van der Waals surface area contributed by atoms with Gasteiger partial charge in [0.2, 0.25) is 0 Å². The summed E-state index contributed by atoms with van der Waals surface area (Å²) in [6.45, 7) is 5.63. The third kappa shape index (κ3) is 8.50. The van der Waals surface area contributed by atoms with Crippen molar-refractivity contribution in [3.63, 3.8) is 0 Å². The second-order valence-electron chi connectivity index (χ2n) is 4.51. The SMILES string of the molecule is CC(C)CCN(CCO)CCC(O)S(=O)(=O)O. The van der Waals surface area contributed by atoms with Gasteiger partial charge in [-0.2, -0.15) is 8.42 Å². The highest BCUT2D eigenvalue weighted by molar-refractivity contribution is 7.86. The van der Waals surface area contributed by atoms with Crippen LogP contribution < -0.4 is 0 Å². The molecule has 0 aromatic heterocycles. The summed E-state index contributed by atoms with van der Waals surface area (Å²) in [4.78, 5) is 1.87. The Labute approximate surface area is 103 Å². The van der Waals surface area contributed by atoms with Gasteiger partial charge in [0.05, 0.1) is 6.61 Å². The highest BCUT2D eigenvalue weighted by Crippen LogP contribution is 2.06. The van der Waals surface area contributed by atoms with Gasteiger partial charge >= 0.3 is 0 Å². The fourth-order valence-electron chi connectivity index (χ4n) is 1.36. The molecule has 17 heavy (non-hydrogen) atoms. The molecule has 0 rings (SSSR count). The van der Waals surface area contributed by atoms with Crippen molar-refractivity contribution in [2.75, 3.05) is 26.2 Å². The first-order valence-corrected chi connectivity index (χ1v) is 7.25. The Morgan fingerprint density at radius 3 is 2.06 bits per heavy atom. The molecule has 0 aliphatic heterocycles. The zero-order valence-electron chi connectivity index (χ0n) is 10.4. The van der Waals surface area contributed by atoms with Crippen LogP contribution in [0.2, 0.25) is 0 Å². The lowest BCUT2D eigenvalue weighted by Gasteiger charge is -2.22. The van der Waals surface area contributed by atoms with E-state index in [4.69, 9.17) is 14.8 Å². The highest BCUT2D eigenvalue weighted by atomic mass is 32.2. The largest absolute Gasteiger partial charge is 0.395 e. The van der Waals surface area contributed by atoms with Crippen molar-refractivity contribution in [3.05, 3.63) is 0 Å². The van der Waals surface area contributed by atoms with Crippen molar-refractivity contribution in [2.45, 2.75) is 32.1 Å². The van der Waals surface area contributed by atoms with Gasteiger partial charge in [0.1, 0.15) is 0 Å². The lowest BCUT2D eigenvalue weighted by Crippen LogP contribution is -2.33. The van der Waals surface area contributed by atoms with Gasteiger partial charge in [0.25, 0.3) is 10.1 Å². The zero-order valence-corrected chi connectivity index (χ0v) is 11.2. The van der Waals surface area contributed by atoms with E-state index >= 15 is 0 Å². The third-order valence-electron chi connectivity index (χ3n) is 2.48. The number of aliphatic hydroxyl groups is 2. The molecule has 0 aromatic rings.